The van der Waals surface area contributed by atoms with Crippen molar-refractivity contribution in [3.63, 3.8) is 0 Å². The van der Waals surface area contributed by atoms with Gasteiger partial charge in [0.2, 0.25) is 10.0 Å². The van der Waals surface area contributed by atoms with E-state index in [9.17, 15) is 13.2 Å². The van der Waals surface area contributed by atoms with Gasteiger partial charge in [-0.3, -0.25) is 4.79 Å². The molecular weight excluding hydrogens is 336 g/mol. The molecule has 2 rings (SSSR count). The minimum absolute atomic E-state index is 0.161. The van der Waals surface area contributed by atoms with Gasteiger partial charge in [0, 0.05) is 17.8 Å². The molecule has 0 aromatic heterocycles. The number of unbranched alkanes of at least 4 members (excludes halogenated alkanes) is 1. The lowest BCUT2D eigenvalue weighted by Gasteiger charge is -2.10. The molecule has 5 nitrogen and oxygen atoms in total. The van der Waals surface area contributed by atoms with Gasteiger partial charge in [-0.2, -0.15) is 0 Å². The smallest absolute Gasteiger partial charge is 0.255 e. The topological polar surface area (TPSA) is 75.3 Å². The summed E-state index contributed by atoms with van der Waals surface area (Å²) in [5.74, 6) is -0.260. The van der Waals surface area contributed by atoms with E-state index < -0.39 is 10.0 Å². The van der Waals surface area contributed by atoms with Gasteiger partial charge in [0.25, 0.3) is 5.91 Å². The third kappa shape index (κ3) is 5.14. The van der Waals surface area contributed by atoms with E-state index >= 15 is 0 Å². The fraction of sp³-hybridized carbons (Fsp3) is 0.316. The first-order chi connectivity index (χ1) is 12.0. The van der Waals surface area contributed by atoms with Crippen LogP contribution in [0.5, 0.6) is 0 Å². The summed E-state index contributed by atoms with van der Waals surface area (Å²) in [6.45, 7) is 4.43. The normalized spacial score (nSPS) is 11.3. The molecule has 0 atom stereocenters. The van der Waals surface area contributed by atoms with Crippen molar-refractivity contribution >= 4 is 21.6 Å². The maximum Gasteiger partial charge on any atom is 0.255 e. The van der Waals surface area contributed by atoms with Gasteiger partial charge < -0.3 is 5.32 Å². The zero-order valence-corrected chi connectivity index (χ0v) is 15.4. The van der Waals surface area contributed by atoms with Crippen LogP contribution >= 0.6 is 0 Å². The number of rotatable bonds is 8. The third-order valence-corrected chi connectivity index (χ3v) is 5.37. The van der Waals surface area contributed by atoms with E-state index in [0.29, 0.717) is 12.1 Å². The second-order valence-electron chi connectivity index (χ2n) is 5.74. The predicted molar refractivity (Wildman–Crippen MR) is 100 cm³/mol. The van der Waals surface area contributed by atoms with Gasteiger partial charge in [-0.15, -0.1) is 0 Å². The first-order valence-electron chi connectivity index (χ1n) is 8.47. The highest BCUT2D eigenvalue weighted by molar-refractivity contribution is 7.89. The number of hydrogen-bond donors (Lipinski definition) is 2. The Balaban J connectivity index is 2.10. The van der Waals surface area contributed by atoms with Crippen molar-refractivity contribution in [2.45, 2.75) is 38.0 Å². The molecule has 6 heteroatoms. The summed E-state index contributed by atoms with van der Waals surface area (Å²) in [5.41, 5.74) is 2.24. The number of nitrogens with one attached hydrogen (secondary N) is 2. The monoisotopic (exact) mass is 360 g/mol. The number of carbonyl (C=O) groups is 1. The molecule has 2 N–H and O–H groups in total. The third-order valence-electron chi connectivity index (χ3n) is 3.90. The molecule has 1 amide bonds. The Bertz CT molecular complexity index is 815. The molecule has 0 bridgehead atoms. The maximum atomic E-state index is 12.4. The van der Waals surface area contributed by atoms with Gasteiger partial charge in [-0.05, 0) is 48.7 Å². The van der Waals surface area contributed by atoms with Crippen molar-refractivity contribution in [2.24, 2.45) is 0 Å². The highest BCUT2D eigenvalue weighted by Gasteiger charge is 2.14. The molecule has 0 fully saturated rings. The molecule has 0 heterocycles. The summed E-state index contributed by atoms with van der Waals surface area (Å²) in [5, 5.41) is 2.87. The van der Waals surface area contributed by atoms with Gasteiger partial charge in [0.1, 0.15) is 0 Å². The van der Waals surface area contributed by atoms with Gasteiger partial charge >= 0.3 is 0 Å². The number of carbonyl (C=O) groups excluding carboxylic acids is 1. The average Bonchev–Trinajstić information content (AvgIpc) is 2.62. The molecule has 2 aromatic carbocycles. The lowest BCUT2D eigenvalue weighted by Crippen LogP contribution is -2.24. The maximum absolute atomic E-state index is 12.4. The van der Waals surface area contributed by atoms with Crippen LogP contribution < -0.4 is 10.0 Å². The van der Waals surface area contributed by atoms with Crippen LogP contribution in [0.3, 0.4) is 0 Å². The Hall–Kier alpha value is -2.18. The van der Waals surface area contributed by atoms with Crippen molar-refractivity contribution in [1.29, 1.82) is 0 Å². The van der Waals surface area contributed by atoms with Crippen LogP contribution in [-0.4, -0.2) is 20.9 Å². The van der Waals surface area contributed by atoms with Crippen LogP contribution in [0.1, 0.15) is 42.6 Å². The number of sulfonamides is 1. The molecule has 0 saturated carbocycles. The van der Waals surface area contributed by atoms with E-state index in [1.165, 1.54) is 24.3 Å². The largest absolute Gasteiger partial charge is 0.322 e. The number of anilines is 1. The Labute approximate surface area is 149 Å². The predicted octanol–water partition coefficient (Wildman–Crippen LogP) is 3.58. The van der Waals surface area contributed by atoms with Crippen LogP contribution in [0.25, 0.3) is 0 Å². The second kappa shape index (κ2) is 8.78. The molecule has 0 radical (unpaired) electrons. The number of amides is 1. The number of hydrogen-bond acceptors (Lipinski definition) is 3. The van der Waals surface area contributed by atoms with E-state index in [4.69, 9.17) is 0 Å². The SMILES string of the molecule is CCCCNS(=O)(=O)c1ccc(C(=O)Nc2ccccc2CC)cc1. The van der Waals surface area contributed by atoms with Crippen molar-refractivity contribution in [3.8, 4) is 0 Å². The summed E-state index contributed by atoms with van der Waals surface area (Å²) in [4.78, 5) is 12.5. The number of aryl methyl sites for hydroxylation is 1. The molecular formula is C19H24N2O3S. The molecule has 0 aliphatic heterocycles. The Morgan fingerprint density at radius 2 is 1.68 bits per heavy atom. The highest BCUT2D eigenvalue weighted by Crippen LogP contribution is 2.17. The van der Waals surface area contributed by atoms with Crippen LogP contribution in [-0.2, 0) is 16.4 Å². The van der Waals surface area contributed by atoms with Gasteiger partial charge in [0.15, 0.2) is 0 Å². The minimum Gasteiger partial charge on any atom is -0.322 e. The van der Waals surface area contributed by atoms with Crippen molar-refractivity contribution in [2.75, 3.05) is 11.9 Å². The first-order valence-corrected chi connectivity index (χ1v) is 9.95. The second-order valence-corrected chi connectivity index (χ2v) is 7.51. The first kappa shape index (κ1) is 19.1. The van der Waals surface area contributed by atoms with Gasteiger partial charge in [0.05, 0.1) is 4.90 Å². The fourth-order valence-electron chi connectivity index (χ4n) is 2.40. The zero-order valence-electron chi connectivity index (χ0n) is 14.6. The lowest BCUT2D eigenvalue weighted by atomic mass is 10.1. The average molecular weight is 360 g/mol. The zero-order chi connectivity index (χ0) is 18.3. The summed E-state index contributed by atoms with van der Waals surface area (Å²) in [6, 6.07) is 13.6. The lowest BCUT2D eigenvalue weighted by molar-refractivity contribution is 0.102. The molecule has 0 spiro atoms. The molecule has 25 heavy (non-hydrogen) atoms. The minimum atomic E-state index is -3.53. The molecule has 0 saturated heterocycles. The standard InChI is InChI=1S/C19H24N2O3S/c1-3-5-14-20-25(23,24)17-12-10-16(11-13-17)19(22)21-18-9-7-6-8-15(18)4-2/h6-13,20H,3-5,14H2,1-2H3,(H,21,22). The Kier molecular flexibility index (Phi) is 6.73. The quantitative estimate of drug-likeness (QED) is 0.707. The Morgan fingerprint density at radius 3 is 2.32 bits per heavy atom. The fourth-order valence-corrected chi connectivity index (χ4v) is 3.47. The van der Waals surface area contributed by atoms with Gasteiger partial charge in [-0.25, -0.2) is 13.1 Å². The summed E-state index contributed by atoms with van der Waals surface area (Å²) < 4.78 is 26.9. The van der Waals surface area contributed by atoms with Crippen molar-refractivity contribution in [3.05, 3.63) is 59.7 Å². The van der Waals surface area contributed by atoms with E-state index in [2.05, 4.69) is 10.0 Å². The van der Waals surface area contributed by atoms with E-state index in [1.54, 1.807) is 0 Å². The summed E-state index contributed by atoms with van der Waals surface area (Å²) in [7, 11) is -3.53. The molecule has 2 aromatic rings. The summed E-state index contributed by atoms with van der Waals surface area (Å²) in [6.07, 6.45) is 2.52. The number of benzene rings is 2. The van der Waals surface area contributed by atoms with E-state index in [-0.39, 0.29) is 10.8 Å². The summed E-state index contributed by atoms with van der Waals surface area (Å²) >= 11 is 0. The van der Waals surface area contributed by atoms with E-state index in [0.717, 1.165) is 30.5 Å². The van der Waals surface area contributed by atoms with E-state index in [1.807, 2.05) is 38.1 Å². The van der Waals surface area contributed by atoms with Crippen LogP contribution in [0.15, 0.2) is 53.4 Å². The molecule has 0 unspecified atom stereocenters. The number of para-hydroxylation sites is 1. The highest BCUT2D eigenvalue weighted by atomic mass is 32.2. The van der Waals surface area contributed by atoms with Crippen LogP contribution in [0.2, 0.25) is 0 Å². The van der Waals surface area contributed by atoms with Crippen LogP contribution in [0.4, 0.5) is 5.69 Å². The van der Waals surface area contributed by atoms with Crippen LogP contribution in [0, 0.1) is 0 Å². The molecule has 0 aliphatic rings. The van der Waals surface area contributed by atoms with Crippen molar-refractivity contribution in [1.82, 2.24) is 4.72 Å². The molecule has 0 aliphatic carbocycles. The van der Waals surface area contributed by atoms with Crippen molar-refractivity contribution < 1.29 is 13.2 Å². The Morgan fingerprint density at radius 1 is 1.00 bits per heavy atom. The van der Waals surface area contributed by atoms with Gasteiger partial charge in [-0.1, -0.05) is 38.5 Å². The molecule has 134 valence electrons.